The first kappa shape index (κ1) is 7.07. The molecule has 54 valence electrons. The van der Waals surface area contributed by atoms with Crippen LogP contribution < -0.4 is 5.32 Å². The van der Waals surface area contributed by atoms with Crippen LogP contribution >= 0.6 is 0 Å². The van der Waals surface area contributed by atoms with Gasteiger partial charge in [0, 0.05) is 12.1 Å². The molecule has 1 N–H and O–H groups in total. The first-order valence-corrected chi connectivity index (χ1v) is 4.05. The fraction of sp³-hybridized carbons (Fsp3) is 1.00. The van der Waals surface area contributed by atoms with Crippen molar-refractivity contribution in [3.8, 4) is 0 Å². The summed E-state index contributed by atoms with van der Waals surface area (Å²) in [6.45, 7) is 6.85. The normalized spacial score (nSPS) is 42.3. The van der Waals surface area contributed by atoms with E-state index in [-0.39, 0.29) is 0 Å². The maximum atomic E-state index is 3.53. The van der Waals surface area contributed by atoms with Crippen molar-refractivity contribution in [1.82, 2.24) is 5.32 Å². The van der Waals surface area contributed by atoms with E-state index in [0.717, 1.165) is 18.0 Å². The smallest absolute Gasteiger partial charge is 0.0108 e. The molecule has 0 amide bonds. The Balaban J connectivity index is 2.24. The van der Waals surface area contributed by atoms with Gasteiger partial charge in [-0.2, -0.15) is 0 Å². The Morgan fingerprint density at radius 3 is 1.78 bits per heavy atom. The minimum atomic E-state index is 0.815. The van der Waals surface area contributed by atoms with E-state index in [1.807, 2.05) is 0 Å². The van der Waals surface area contributed by atoms with Crippen LogP contribution in [-0.4, -0.2) is 12.1 Å². The molecule has 1 nitrogen and oxygen atoms in total. The summed E-state index contributed by atoms with van der Waals surface area (Å²) in [5.74, 6) is 0.917. The molecule has 2 unspecified atom stereocenters. The van der Waals surface area contributed by atoms with Gasteiger partial charge in [-0.1, -0.05) is 20.8 Å². The second-order valence-corrected chi connectivity index (χ2v) is 3.06. The molecular weight excluding hydrogens is 110 g/mol. The number of nitrogens with one attached hydrogen (secondary N) is 1. The highest BCUT2D eigenvalue weighted by atomic mass is 15.0. The first-order valence-electron chi connectivity index (χ1n) is 4.05. The molecule has 1 heteroatoms. The van der Waals surface area contributed by atoms with Crippen LogP contribution in [0.15, 0.2) is 0 Å². The highest BCUT2D eigenvalue weighted by Crippen LogP contribution is 2.24. The Morgan fingerprint density at radius 2 is 1.56 bits per heavy atom. The van der Waals surface area contributed by atoms with Crippen molar-refractivity contribution in [1.29, 1.82) is 0 Å². The van der Waals surface area contributed by atoms with Gasteiger partial charge in [0.05, 0.1) is 0 Å². The molecule has 1 rings (SSSR count). The van der Waals surface area contributed by atoms with Crippen molar-refractivity contribution in [3.63, 3.8) is 0 Å². The van der Waals surface area contributed by atoms with Gasteiger partial charge in [0.2, 0.25) is 0 Å². The van der Waals surface area contributed by atoms with E-state index in [4.69, 9.17) is 0 Å². The Bertz CT molecular complexity index is 80.6. The van der Waals surface area contributed by atoms with E-state index in [0.29, 0.717) is 0 Å². The molecule has 1 saturated heterocycles. The predicted molar refractivity (Wildman–Crippen MR) is 40.5 cm³/mol. The van der Waals surface area contributed by atoms with Gasteiger partial charge in [-0.25, -0.2) is 0 Å². The van der Waals surface area contributed by atoms with Gasteiger partial charge in [-0.3, -0.25) is 0 Å². The zero-order valence-electron chi connectivity index (χ0n) is 6.65. The zero-order valence-corrected chi connectivity index (χ0v) is 6.65. The van der Waals surface area contributed by atoms with E-state index in [1.54, 1.807) is 0 Å². The second-order valence-electron chi connectivity index (χ2n) is 3.06. The Morgan fingerprint density at radius 1 is 1.11 bits per heavy atom. The summed E-state index contributed by atoms with van der Waals surface area (Å²) in [5.41, 5.74) is 0. The number of hydrogen-bond donors (Lipinski definition) is 1. The zero-order chi connectivity index (χ0) is 6.85. The summed E-state index contributed by atoms with van der Waals surface area (Å²) in [5, 5.41) is 3.53. The molecule has 1 heterocycles. The van der Waals surface area contributed by atoms with E-state index in [2.05, 4.69) is 26.1 Å². The molecule has 0 aromatic rings. The second kappa shape index (κ2) is 2.70. The molecule has 1 aliphatic rings. The van der Waals surface area contributed by atoms with E-state index < -0.39 is 0 Å². The van der Waals surface area contributed by atoms with Crippen LogP contribution in [0.25, 0.3) is 0 Å². The third-order valence-electron chi connectivity index (χ3n) is 2.58. The molecule has 0 aromatic carbocycles. The lowest BCUT2D eigenvalue weighted by molar-refractivity contribution is 0.150. The molecule has 0 radical (unpaired) electrons. The van der Waals surface area contributed by atoms with Crippen molar-refractivity contribution < 1.29 is 0 Å². The third-order valence-corrected chi connectivity index (χ3v) is 2.58. The highest BCUT2D eigenvalue weighted by molar-refractivity contribution is 4.93. The molecule has 9 heavy (non-hydrogen) atoms. The van der Waals surface area contributed by atoms with Gasteiger partial charge in [0.15, 0.2) is 0 Å². The average Bonchev–Trinajstić information content (AvgIpc) is 1.87. The van der Waals surface area contributed by atoms with Crippen molar-refractivity contribution in [3.05, 3.63) is 0 Å². The van der Waals surface area contributed by atoms with Gasteiger partial charge in [-0.15, -0.1) is 0 Å². The van der Waals surface area contributed by atoms with Crippen molar-refractivity contribution >= 4 is 0 Å². The fourth-order valence-electron chi connectivity index (χ4n) is 1.72. The van der Waals surface area contributed by atoms with Gasteiger partial charge in [-0.05, 0) is 18.8 Å². The summed E-state index contributed by atoms with van der Waals surface area (Å²) < 4.78 is 0. The number of rotatable bonds is 2. The van der Waals surface area contributed by atoms with Crippen LogP contribution in [0.2, 0.25) is 0 Å². The lowest BCUT2D eigenvalue weighted by atomic mass is 9.81. The molecule has 1 fully saturated rings. The minimum absolute atomic E-state index is 0.815. The first-order chi connectivity index (χ1) is 4.29. The molecule has 0 saturated carbocycles. The van der Waals surface area contributed by atoms with Gasteiger partial charge in [0.1, 0.15) is 0 Å². The van der Waals surface area contributed by atoms with Crippen LogP contribution in [0.4, 0.5) is 0 Å². The minimum Gasteiger partial charge on any atom is -0.311 e. The highest BCUT2D eigenvalue weighted by Gasteiger charge is 2.33. The molecule has 0 spiro atoms. The molecule has 2 atom stereocenters. The van der Waals surface area contributed by atoms with E-state index >= 15 is 0 Å². The summed E-state index contributed by atoms with van der Waals surface area (Å²) >= 11 is 0. The monoisotopic (exact) mass is 127 g/mol. The maximum Gasteiger partial charge on any atom is 0.0108 e. The molecule has 0 aliphatic carbocycles. The molecule has 0 aromatic heterocycles. The maximum absolute atomic E-state index is 3.53. The lowest BCUT2D eigenvalue weighted by Gasteiger charge is -2.43. The summed E-state index contributed by atoms with van der Waals surface area (Å²) in [6.07, 6.45) is 2.58. The van der Waals surface area contributed by atoms with Crippen LogP contribution in [0, 0.1) is 5.92 Å². The quantitative estimate of drug-likeness (QED) is 0.596. The Labute approximate surface area is 57.8 Å². The van der Waals surface area contributed by atoms with Crippen LogP contribution in [0.3, 0.4) is 0 Å². The van der Waals surface area contributed by atoms with Crippen LogP contribution in [-0.2, 0) is 0 Å². The molecule has 0 bridgehead atoms. The predicted octanol–water partition coefficient (Wildman–Crippen LogP) is 1.78. The van der Waals surface area contributed by atoms with Gasteiger partial charge < -0.3 is 5.32 Å². The third kappa shape index (κ3) is 1.11. The van der Waals surface area contributed by atoms with Crippen molar-refractivity contribution in [2.45, 2.75) is 45.7 Å². The van der Waals surface area contributed by atoms with Crippen LogP contribution in [0.1, 0.15) is 33.6 Å². The topological polar surface area (TPSA) is 12.0 Å². The largest absolute Gasteiger partial charge is 0.311 e. The van der Waals surface area contributed by atoms with Crippen LogP contribution in [0.5, 0.6) is 0 Å². The summed E-state index contributed by atoms with van der Waals surface area (Å²) in [4.78, 5) is 0. The molecular formula is C8H17N. The summed E-state index contributed by atoms with van der Waals surface area (Å²) in [6, 6.07) is 1.63. The Hall–Kier alpha value is -0.0400. The molecule has 1 aliphatic heterocycles. The average molecular weight is 127 g/mol. The van der Waals surface area contributed by atoms with Gasteiger partial charge in [0.25, 0.3) is 0 Å². The number of hydrogen-bond acceptors (Lipinski definition) is 1. The lowest BCUT2D eigenvalue weighted by Crippen LogP contribution is -2.59. The van der Waals surface area contributed by atoms with Crippen molar-refractivity contribution in [2.75, 3.05) is 0 Å². The standard InChI is InChI=1S/C8H17N/c1-4-7-6(3)8(5-2)9-7/h6-9H,4-5H2,1-3H3. The van der Waals surface area contributed by atoms with Crippen molar-refractivity contribution in [2.24, 2.45) is 5.92 Å². The Kier molecular flexibility index (Phi) is 2.12. The summed E-state index contributed by atoms with van der Waals surface area (Å²) in [7, 11) is 0. The van der Waals surface area contributed by atoms with E-state index in [9.17, 15) is 0 Å². The van der Waals surface area contributed by atoms with Gasteiger partial charge >= 0.3 is 0 Å². The SMILES string of the molecule is CCC1NC(CC)C1C. The fourth-order valence-corrected chi connectivity index (χ4v) is 1.72. The van der Waals surface area contributed by atoms with E-state index in [1.165, 1.54) is 12.8 Å².